The molecule has 1 saturated heterocycles. The minimum absolute atomic E-state index is 0.0439. The molecule has 10 nitrogen and oxygen atoms in total. The lowest BCUT2D eigenvalue weighted by Gasteiger charge is -2.27. The zero-order valence-electron chi connectivity index (χ0n) is 24.4. The van der Waals surface area contributed by atoms with Crippen molar-refractivity contribution in [1.29, 1.82) is 5.26 Å². The van der Waals surface area contributed by atoms with Gasteiger partial charge in [0.2, 0.25) is 0 Å². The number of esters is 1. The number of thioether (sulfide) groups is 4. The summed E-state index contributed by atoms with van der Waals surface area (Å²) >= 11 is 4.00. The number of rotatable bonds is 8. The first-order valence-electron chi connectivity index (χ1n) is 13.8. The molecular formula is C32H25N3O7S4. The molecule has 3 aliphatic rings. The number of hydrogen-bond acceptors (Lipinski definition) is 12. The van der Waals surface area contributed by atoms with Crippen molar-refractivity contribution in [3.63, 3.8) is 0 Å². The second kappa shape index (κ2) is 13.4. The van der Waals surface area contributed by atoms with E-state index in [1.54, 1.807) is 6.92 Å². The van der Waals surface area contributed by atoms with Crippen LogP contribution in [0.5, 0.6) is 11.5 Å². The van der Waals surface area contributed by atoms with Gasteiger partial charge >= 0.3 is 5.97 Å². The predicted octanol–water partition coefficient (Wildman–Crippen LogP) is 6.00. The topological polar surface area (TPSA) is 140 Å². The van der Waals surface area contributed by atoms with Crippen LogP contribution in [-0.2, 0) is 36.9 Å². The number of nitrogens with zero attached hydrogens (tertiary/aromatic N) is 3. The van der Waals surface area contributed by atoms with Crippen LogP contribution in [0.2, 0.25) is 0 Å². The van der Waals surface area contributed by atoms with E-state index in [0.717, 1.165) is 58.2 Å². The lowest BCUT2D eigenvalue weighted by atomic mass is 10.2. The molecular weight excluding hydrogens is 667 g/mol. The van der Waals surface area contributed by atoms with E-state index in [-0.39, 0.29) is 66.2 Å². The zero-order chi connectivity index (χ0) is 32.5. The summed E-state index contributed by atoms with van der Waals surface area (Å²) in [5.41, 5.74) is 1.40. The van der Waals surface area contributed by atoms with Crippen molar-refractivity contribution in [2.75, 3.05) is 13.7 Å². The number of aromatic hydroxyl groups is 2. The average Bonchev–Trinajstić information content (AvgIpc) is 3.74. The molecule has 3 heterocycles. The van der Waals surface area contributed by atoms with E-state index in [1.807, 2.05) is 66.7 Å². The van der Waals surface area contributed by atoms with Crippen LogP contribution >= 0.6 is 47.0 Å². The number of phenols is 2. The van der Waals surface area contributed by atoms with Gasteiger partial charge in [-0.25, -0.2) is 14.8 Å². The predicted molar refractivity (Wildman–Crippen MR) is 174 cm³/mol. The molecule has 0 radical (unpaired) electrons. The summed E-state index contributed by atoms with van der Waals surface area (Å²) in [6.07, 6.45) is -0.585. The van der Waals surface area contributed by atoms with Crippen molar-refractivity contribution < 1.29 is 34.1 Å². The standard InChI is InChI=1S/C32H25N3O7S4/c1-17(16-41-2)42-30(40)20(13-33)31-43-24-22(36)26-27(23(37)25(24)44-31)46-32(45-26)21-28(38)34(14-18-9-5-3-6-10-18)35(29(21)39)15-19-11-7-4-8-12-19/h3-12,17,36-37H,14-16H2,1-2H3. The second-order valence-electron chi connectivity index (χ2n) is 10.2. The number of phenolic OH excluding ortho intramolecular Hbond substituents is 2. The monoisotopic (exact) mass is 691 g/mol. The number of carbonyl (C=O) groups is 3. The van der Waals surface area contributed by atoms with Crippen LogP contribution in [0.3, 0.4) is 0 Å². The molecule has 2 amide bonds. The maximum absolute atomic E-state index is 13.9. The normalized spacial score (nSPS) is 16.1. The smallest absolute Gasteiger partial charge is 0.350 e. The second-order valence-corrected chi connectivity index (χ2v) is 14.8. The van der Waals surface area contributed by atoms with Gasteiger partial charge in [-0.3, -0.25) is 9.59 Å². The van der Waals surface area contributed by atoms with Crippen LogP contribution in [0.15, 0.2) is 99.9 Å². The Morgan fingerprint density at radius 1 is 0.826 bits per heavy atom. The molecule has 0 aliphatic carbocycles. The number of fused-ring (bicyclic) bond motifs is 2. The number of hydrogen-bond donors (Lipinski definition) is 2. The van der Waals surface area contributed by atoms with E-state index in [2.05, 4.69) is 0 Å². The lowest BCUT2D eigenvalue weighted by molar-refractivity contribution is -0.149. The Morgan fingerprint density at radius 2 is 1.28 bits per heavy atom. The molecule has 234 valence electrons. The Bertz CT molecular complexity index is 1750. The molecule has 2 N–H and O–H groups in total. The Morgan fingerprint density at radius 3 is 1.72 bits per heavy atom. The minimum Gasteiger partial charge on any atom is -0.505 e. The van der Waals surface area contributed by atoms with Crippen LogP contribution in [-0.4, -0.2) is 57.8 Å². The maximum atomic E-state index is 13.9. The molecule has 46 heavy (non-hydrogen) atoms. The number of nitriles is 1. The van der Waals surface area contributed by atoms with Crippen molar-refractivity contribution in [2.24, 2.45) is 0 Å². The van der Waals surface area contributed by atoms with Gasteiger partial charge in [-0.15, -0.1) is 0 Å². The molecule has 14 heteroatoms. The van der Waals surface area contributed by atoms with Gasteiger partial charge in [0.15, 0.2) is 5.57 Å². The fourth-order valence-corrected chi connectivity index (χ4v) is 10.2. The van der Waals surface area contributed by atoms with Gasteiger partial charge in [-0.1, -0.05) is 108 Å². The maximum Gasteiger partial charge on any atom is 0.350 e. The van der Waals surface area contributed by atoms with Crippen molar-refractivity contribution in [3.8, 4) is 17.6 Å². The van der Waals surface area contributed by atoms with Gasteiger partial charge in [0, 0.05) is 7.11 Å². The van der Waals surface area contributed by atoms with Crippen LogP contribution in [0, 0.1) is 11.3 Å². The Labute approximate surface area is 281 Å². The van der Waals surface area contributed by atoms with E-state index in [9.17, 15) is 29.9 Å². The molecule has 1 atom stereocenters. The van der Waals surface area contributed by atoms with Crippen molar-refractivity contribution >= 4 is 64.8 Å². The Balaban J connectivity index is 1.32. The Hall–Kier alpha value is -4.00. The first-order valence-corrected chi connectivity index (χ1v) is 17.1. The van der Waals surface area contributed by atoms with Crippen LogP contribution in [0.4, 0.5) is 0 Å². The molecule has 0 spiro atoms. The van der Waals surface area contributed by atoms with E-state index in [4.69, 9.17) is 9.47 Å². The summed E-state index contributed by atoms with van der Waals surface area (Å²) in [4.78, 5) is 41.6. The highest BCUT2D eigenvalue weighted by Gasteiger charge is 2.46. The van der Waals surface area contributed by atoms with E-state index < -0.39 is 23.9 Å². The number of carbonyl (C=O) groups excluding carboxylic acids is 3. The summed E-state index contributed by atoms with van der Waals surface area (Å²) in [5, 5.41) is 35.3. The molecule has 3 aromatic carbocycles. The molecule has 6 rings (SSSR count). The fourth-order valence-electron chi connectivity index (χ4n) is 4.89. The first kappa shape index (κ1) is 32.0. The van der Waals surface area contributed by atoms with Gasteiger partial charge < -0.3 is 19.7 Å². The van der Waals surface area contributed by atoms with Crippen molar-refractivity contribution in [1.82, 2.24) is 10.0 Å². The number of amides is 2. The van der Waals surface area contributed by atoms with Gasteiger partial charge in [-0.2, -0.15) is 5.26 Å². The van der Waals surface area contributed by atoms with Gasteiger partial charge in [0.1, 0.15) is 29.2 Å². The molecule has 3 aromatic rings. The van der Waals surface area contributed by atoms with Gasteiger partial charge in [-0.05, 0) is 18.1 Å². The number of hydrazine groups is 1. The quantitative estimate of drug-likeness (QED) is 0.0941. The molecule has 0 saturated carbocycles. The highest BCUT2D eigenvalue weighted by atomic mass is 32.2. The summed E-state index contributed by atoms with van der Waals surface area (Å²) in [6, 6.07) is 20.6. The third kappa shape index (κ3) is 5.96. The van der Waals surface area contributed by atoms with E-state index in [0.29, 0.717) is 4.24 Å². The molecule has 1 fully saturated rings. The summed E-state index contributed by atoms with van der Waals surface area (Å²) < 4.78 is 10.9. The highest BCUT2D eigenvalue weighted by molar-refractivity contribution is 8.26. The zero-order valence-corrected chi connectivity index (χ0v) is 27.6. The molecule has 1 unspecified atom stereocenters. The highest BCUT2D eigenvalue weighted by Crippen LogP contribution is 2.68. The Kier molecular flexibility index (Phi) is 9.30. The van der Waals surface area contributed by atoms with E-state index >= 15 is 0 Å². The van der Waals surface area contributed by atoms with Crippen molar-refractivity contribution in [2.45, 2.75) is 45.7 Å². The SMILES string of the molecule is COCC(C)OC(=O)C(C#N)=C1Sc2c(O)c3c(c(O)c2S1)SC(=C1C(=O)N(Cc2ccccc2)N(Cc2ccccc2)C1=O)S3. The van der Waals surface area contributed by atoms with Crippen LogP contribution in [0.1, 0.15) is 18.1 Å². The fraction of sp³-hybridized carbons (Fsp3) is 0.188. The summed E-state index contributed by atoms with van der Waals surface area (Å²) in [7, 11) is 1.47. The third-order valence-corrected chi connectivity index (χ3v) is 12.2. The molecule has 3 aliphatic heterocycles. The van der Waals surface area contributed by atoms with Crippen LogP contribution in [0.25, 0.3) is 0 Å². The summed E-state index contributed by atoms with van der Waals surface area (Å²) in [6.45, 7) is 2.14. The largest absolute Gasteiger partial charge is 0.505 e. The lowest BCUT2D eigenvalue weighted by Crippen LogP contribution is -2.39. The molecule has 0 aromatic heterocycles. The van der Waals surface area contributed by atoms with Gasteiger partial charge in [0.25, 0.3) is 11.8 Å². The molecule has 0 bridgehead atoms. The average molecular weight is 692 g/mol. The first-order chi connectivity index (χ1) is 22.2. The number of methoxy groups -OCH3 is 1. The van der Waals surface area contributed by atoms with Crippen LogP contribution < -0.4 is 0 Å². The minimum atomic E-state index is -0.837. The van der Waals surface area contributed by atoms with Crippen molar-refractivity contribution in [3.05, 3.63) is 91.4 Å². The van der Waals surface area contributed by atoms with E-state index in [1.165, 1.54) is 17.1 Å². The third-order valence-electron chi connectivity index (χ3n) is 7.02. The summed E-state index contributed by atoms with van der Waals surface area (Å²) in [5.74, 6) is -2.15. The number of ether oxygens (including phenoxy) is 2. The van der Waals surface area contributed by atoms with Gasteiger partial charge in [0.05, 0.1) is 47.8 Å². The number of benzene rings is 3.